The van der Waals surface area contributed by atoms with E-state index in [1.165, 1.54) is 6.42 Å². The number of hydrogen-bond acceptors (Lipinski definition) is 2. The van der Waals surface area contributed by atoms with Crippen LogP contribution in [0.15, 0.2) is 0 Å². The Morgan fingerprint density at radius 2 is 1.30 bits per heavy atom. The van der Waals surface area contributed by atoms with E-state index in [2.05, 4.69) is 6.92 Å². The van der Waals surface area contributed by atoms with Gasteiger partial charge in [-0.3, -0.25) is 0 Å². The standard InChI is InChI=1S/C5H12O.C3H8O/c1-2-3-4-5-6;1-2-3-4/h6H,2-5H2,1H3;4H,2-3H2,1H3. The number of unbranched alkanes of at least 4 members (excludes halogenated alkanes) is 2. The molecule has 0 radical (unpaired) electrons. The molecule has 2 nitrogen and oxygen atoms in total. The van der Waals surface area contributed by atoms with Crippen LogP contribution in [-0.2, 0) is 0 Å². The molecule has 0 aliphatic carbocycles. The summed E-state index contributed by atoms with van der Waals surface area (Å²) in [5, 5.41) is 16.1. The molecule has 2 N–H and O–H groups in total. The molecule has 0 unspecified atom stereocenters. The van der Waals surface area contributed by atoms with Gasteiger partial charge in [0.1, 0.15) is 0 Å². The molecule has 0 bridgehead atoms. The minimum atomic E-state index is 0.319. The molecule has 0 aromatic rings. The SMILES string of the molecule is CCCCCO.CCCO. The largest absolute Gasteiger partial charge is 0.396 e. The Morgan fingerprint density at radius 1 is 0.800 bits per heavy atom. The normalized spacial score (nSPS) is 8.40. The average molecular weight is 148 g/mol. The fraction of sp³-hybridized carbons (Fsp3) is 1.00. The van der Waals surface area contributed by atoms with Crippen LogP contribution in [0.4, 0.5) is 0 Å². The molecule has 0 aromatic heterocycles. The predicted octanol–water partition coefficient (Wildman–Crippen LogP) is 1.56. The predicted molar refractivity (Wildman–Crippen MR) is 44.0 cm³/mol. The van der Waals surface area contributed by atoms with Gasteiger partial charge in [-0.15, -0.1) is 0 Å². The molecule has 0 spiro atoms. The summed E-state index contributed by atoms with van der Waals surface area (Å²) in [5.74, 6) is 0. The van der Waals surface area contributed by atoms with E-state index in [1.807, 2.05) is 6.92 Å². The molecule has 0 rings (SSSR count). The lowest BCUT2D eigenvalue weighted by Crippen LogP contribution is -1.78. The molecule has 0 atom stereocenters. The Morgan fingerprint density at radius 3 is 1.40 bits per heavy atom. The summed E-state index contributed by atoms with van der Waals surface area (Å²) in [6, 6.07) is 0. The minimum Gasteiger partial charge on any atom is -0.396 e. The van der Waals surface area contributed by atoms with Crippen molar-refractivity contribution < 1.29 is 10.2 Å². The summed E-state index contributed by atoms with van der Waals surface area (Å²) in [6.07, 6.45) is 4.20. The molecule has 64 valence electrons. The lowest BCUT2D eigenvalue weighted by Gasteiger charge is -1.85. The zero-order valence-corrected chi connectivity index (χ0v) is 7.14. The van der Waals surface area contributed by atoms with E-state index >= 15 is 0 Å². The quantitative estimate of drug-likeness (QED) is 0.594. The smallest absolute Gasteiger partial charge is 0.0431 e. The van der Waals surface area contributed by atoms with E-state index < -0.39 is 0 Å². The molecule has 0 fully saturated rings. The maximum atomic E-state index is 8.20. The number of hydrogen-bond donors (Lipinski definition) is 2. The third kappa shape index (κ3) is 24.7. The van der Waals surface area contributed by atoms with Gasteiger partial charge in [0, 0.05) is 13.2 Å². The highest BCUT2D eigenvalue weighted by Crippen LogP contribution is 1.89. The maximum Gasteiger partial charge on any atom is 0.0431 e. The Bertz CT molecular complexity index is 32.2. The Balaban J connectivity index is 0. The van der Waals surface area contributed by atoms with Gasteiger partial charge in [-0.25, -0.2) is 0 Å². The summed E-state index contributed by atoms with van der Waals surface area (Å²) in [6.45, 7) is 4.73. The first-order valence-corrected chi connectivity index (χ1v) is 4.05. The summed E-state index contributed by atoms with van der Waals surface area (Å²) < 4.78 is 0. The van der Waals surface area contributed by atoms with Gasteiger partial charge in [-0.1, -0.05) is 26.7 Å². The highest BCUT2D eigenvalue weighted by atomic mass is 16.3. The highest BCUT2D eigenvalue weighted by Gasteiger charge is 1.76. The third-order valence-electron chi connectivity index (χ3n) is 0.985. The van der Waals surface area contributed by atoms with E-state index in [0.717, 1.165) is 19.3 Å². The van der Waals surface area contributed by atoms with E-state index in [-0.39, 0.29) is 0 Å². The number of aliphatic hydroxyl groups is 2. The van der Waals surface area contributed by atoms with Gasteiger partial charge < -0.3 is 10.2 Å². The second-order valence-electron chi connectivity index (χ2n) is 2.15. The highest BCUT2D eigenvalue weighted by molar-refractivity contribution is 4.30. The molecule has 0 amide bonds. The van der Waals surface area contributed by atoms with E-state index in [9.17, 15) is 0 Å². The van der Waals surface area contributed by atoms with Gasteiger partial charge >= 0.3 is 0 Å². The van der Waals surface area contributed by atoms with Crippen molar-refractivity contribution in [3.05, 3.63) is 0 Å². The van der Waals surface area contributed by atoms with Crippen LogP contribution < -0.4 is 0 Å². The second kappa shape index (κ2) is 16.0. The molecule has 0 saturated heterocycles. The second-order valence-corrected chi connectivity index (χ2v) is 2.15. The monoisotopic (exact) mass is 148 g/mol. The van der Waals surface area contributed by atoms with Crippen molar-refractivity contribution in [1.29, 1.82) is 0 Å². The zero-order chi connectivity index (χ0) is 8.24. The summed E-state index contributed by atoms with van der Waals surface area (Å²) in [5.41, 5.74) is 0. The first-order chi connectivity index (χ1) is 4.83. The van der Waals surface area contributed by atoms with Crippen LogP contribution in [0.2, 0.25) is 0 Å². The van der Waals surface area contributed by atoms with Crippen LogP contribution in [0.25, 0.3) is 0 Å². The zero-order valence-electron chi connectivity index (χ0n) is 7.14. The molecule has 2 heteroatoms. The molecule has 0 saturated carbocycles. The summed E-state index contributed by atoms with van der Waals surface area (Å²) in [4.78, 5) is 0. The first-order valence-electron chi connectivity index (χ1n) is 4.05. The summed E-state index contributed by atoms with van der Waals surface area (Å²) >= 11 is 0. The van der Waals surface area contributed by atoms with Crippen molar-refractivity contribution in [3.63, 3.8) is 0 Å². The van der Waals surface area contributed by atoms with Gasteiger partial charge in [0.2, 0.25) is 0 Å². The molecule has 0 heterocycles. The maximum absolute atomic E-state index is 8.20. The lowest BCUT2D eigenvalue weighted by molar-refractivity contribution is 0.284. The van der Waals surface area contributed by atoms with Crippen LogP contribution in [0.3, 0.4) is 0 Å². The van der Waals surface area contributed by atoms with Crippen molar-refractivity contribution in [1.82, 2.24) is 0 Å². The van der Waals surface area contributed by atoms with Gasteiger partial charge in [0.15, 0.2) is 0 Å². The number of rotatable bonds is 4. The van der Waals surface area contributed by atoms with Crippen molar-refractivity contribution in [2.45, 2.75) is 39.5 Å². The van der Waals surface area contributed by atoms with Crippen LogP contribution in [-0.4, -0.2) is 23.4 Å². The van der Waals surface area contributed by atoms with Gasteiger partial charge in [0.05, 0.1) is 0 Å². The van der Waals surface area contributed by atoms with Crippen molar-refractivity contribution >= 4 is 0 Å². The molecule has 0 aliphatic rings. The molecule has 10 heavy (non-hydrogen) atoms. The average Bonchev–Trinajstić information content (AvgIpc) is 2.01. The van der Waals surface area contributed by atoms with Crippen LogP contribution in [0.1, 0.15) is 39.5 Å². The van der Waals surface area contributed by atoms with Gasteiger partial charge in [-0.05, 0) is 12.8 Å². The van der Waals surface area contributed by atoms with Crippen molar-refractivity contribution in [3.8, 4) is 0 Å². The molecule has 0 aliphatic heterocycles. The lowest BCUT2D eigenvalue weighted by atomic mass is 10.3. The summed E-state index contributed by atoms with van der Waals surface area (Å²) in [7, 11) is 0. The van der Waals surface area contributed by atoms with Gasteiger partial charge in [-0.2, -0.15) is 0 Å². The Kier molecular flexibility index (Phi) is 20.1. The Hall–Kier alpha value is -0.0800. The van der Waals surface area contributed by atoms with Gasteiger partial charge in [0.25, 0.3) is 0 Å². The van der Waals surface area contributed by atoms with Crippen LogP contribution in [0, 0.1) is 0 Å². The minimum absolute atomic E-state index is 0.319. The first kappa shape index (κ1) is 12.6. The van der Waals surface area contributed by atoms with E-state index in [1.54, 1.807) is 0 Å². The van der Waals surface area contributed by atoms with Crippen LogP contribution in [0.5, 0.6) is 0 Å². The molecular formula is C8H20O2. The number of aliphatic hydroxyl groups excluding tert-OH is 2. The molecule has 0 aromatic carbocycles. The Labute approximate surface area is 63.9 Å². The molecular weight excluding hydrogens is 128 g/mol. The van der Waals surface area contributed by atoms with Crippen molar-refractivity contribution in [2.75, 3.05) is 13.2 Å². The third-order valence-corrected chi connectivity index (χ3v) is 0.985. The van der Waals surface area contributed by atoms with E-state index in [4.69, 9.17) is 10.2 Å². The van der Waals surface area contributed by atoms with Crippen molar-refractivity contribution in [2.24, 2.45) is 0 Å². The topological polar surface area (TPSA) is 40.5 Å². The fourth-order valence-electron chi connectivity index (χ4n) is 0.362. The van der Waals surface area contributed by atoms with E-state index in [0.29, 0.717) is 13.2 Å². The fourth-order valence-corrected chi connectivity index (χ4v) is 0.362. The van der Waals surface area contributed by atoms with Crippen LogP contribution >= 0.6 is 0 Å².